The zero-order valence-corrected chi connectivity index (χ0v) is 19.2. The van der Waals surface area contributed by atoms with Crippen LogP contribution in [0.15, 0.2) is 78.0 Å². The number of aromatic nitrogens is 1. The maximum atomic E-state index is 14.3. The molecule has 1 amide bonds. The largest absolute Gasteiger partial charge is 0.453 e. The van der Waals surface area contributed by atoms with E-state index in [-0.39, 0.29) is 23.1 Å². The molecule has 34 heavy (non-hydrogen) atoms. The van der Waals surface area contributed by atoms with Crippen molar-refractivity contribution in [3.8, 4) is 11.5 Å². The molecule has 9 heteroatoms. The lowest BCUT2D eigenvalue weighted by Gasteiger charge is -2.15. The third kappa shape index (κ3) is 5.86. The van der Waals surface area contributed by atoms with Gasteiger partial charge in [-0.3, -0.25) is 9.78 Å². The van der Waals surface area contributed by atoms with E-state index in [1.807, 2.05) is 0 Å². The number of benzene rings is 2. The number of hydrogen-bond acceptors (Lipinski definition) is 5. The van der Waals surface area contributed by atoms with Gasteiger partial charge in [0.15, 0.2) is 11.6 Å². The summed E-state index contributed by atoms with van der Waals surface area (Å²) in [5.74, 6) is -0.434. The maximum absolute atomic E-state index is 14.3. The molecule has 1 aromatic heterocycles. The van der Waals surface area contributed by atoms with Crippen molar-refractivity contribution in [1.82, 2.24) is 14.6 Å². The van der Waals surface area contributed by atoms with Gasteiger partial charge in [-0.2, -0.15) is 4.31 Å². The molecule has 3 aromatic rings. The standard InChI is InChI=1S/C25H24FN3O4S/c26-23-16-19(7-11-24(23)33-21-4-3-13-27-18-21)8-12-25(30)28-17-20-5-9-22(10-6-20)34(31,32)29-14-1-2-15-29/h3-13,16,18H,1-2,14-15,17H2,(H,28,30)/b12-8+. The minimum atomic E-state index is -3.46. The average molecular weight is 482 g/mol. The fourth-order valence-corrected chi connectivity index (χ4v) is 5.03. The lowest BCUT2D eigenvalue weighted by atomic mass is 10.2. The van der Waals surface area contributed by atoms with Crippen molar-refractivity contribution in [3.63, 3.8) is 0 Å². The van der Waals surface area contributed by atoms with Crippen molar-refractivity contribution in [2.45, 2.75) is 24.3 Å². The number of nitrogens with one attached hydrogen (secondary N) is 1. The molecule has 0 aliphatic carbocycles. The second-order valence-electron chi connectivity index (χ2n) is 7.79. The first-order chi connectivity index (χ1) is 16.4. The molecule has 1 N–H and O–H groups in total. The predicted octanol–water partition coefficient (Wildman–Crippen LogP) is 4.13. The molecule has 0 radical (unpaired) electrons. The first kappa shape index (κ1) is 23.6. The van der Waals surface area contributed by atoms with Crippen molar-refractivity contribution in [1.29, 1.82) is 0 Å². The lowest BCUT2D eigenvalue weighted by Crippen LogP contribution is -2.27. The third-order valence-corrected chi connectivity index (χ3v) is 7.25. The number of nitrogens with zero attached hydrogens (tertiary/aromatic N) is 2. The van der Waals surface area contributed by atoms with E-state index >= 15 is 0 Å². The highest BCUT2D eigenvalue weighted by molar-refractivity contribution is 7.89. The van der Waals surface area contributed by atoms with Crippen LogP contribution in [0, 0.1) is 5.82 Å². The molecule has 0 spiro atoms. The summed E-state index contributed by atoms with van der Waals surface area (Å²) in [4.78, 5) is 16.3. The van der Waals surface area contributed by atoms with Crippen molar-refractivity contribution >= 4 is 22.0 Å². The van der Waals surface area contributed by atoms with E-state index in [1.54, 1.807) is 48.7 Å². The number of rotatable bonds is 8. The minimum absolute atomic E-state index is 0.0600. The fourth-order valence-electron chi connectivity index (χ4n) is 3.51. The van der Waals surface area contributed by atoms with E-state index in [0.29, 0.717) is 24.4 Å². The molecule has 4 rings (SSSR count). The molecule has 1 aliphatic heterocycles. The van der Waals surface area contributed by atoms with Crippen LogP contribution in [-0.4, -0.2) is 36.7 Å². The molecular formula is C25H24FN3O4S. The lowest BCUT2D eigenvalue weighted by molar-refractivity contribution is -0.116. The van der Waals surface area contributed by atoms with Crippen LogP contribution in [0.25, 0.3) is 6.08 Å². The molecule has 0 unspecified atom stereocenters. The second kappa shape index (κ2) is 10.6. The summed E-state index contributed by atoms with van der Waals surface area (Å²) in [5, 5.41) is 2.73. The number of carbonyl (C=O) groups excluding carboxylic acids is 1. The Labute approximate surface area is 198 Å². The summed E-state index contributed by atoms with van der Waals surface area (Å²) in [6.07, 6.45) is 7.65. The smallest absolute Gasteiger partial charge is 0.244 e. The van der Waals surface area contributed by atoms with Gasteiger partial charge in [-0.05, 0) is 66.4 Å². The zero-order valence-electron chi connectivity index (χ0n) is 18.4. The summed E-state index contributed by atoms with van der Waals surface area (Å²) >= 11 is 0. The Morgan fingerprint density at radius 1 is 1.12 bits per heavy atom. The third-order valence-electron chi connectivity index (χ3n) is 5.34. The fraction of sp³-hybridized carbons (Fsp3) is 0.200. The van der Waals surface area contributed by atoms with Gasteiger partial charge in [0.1, 0.15) is 5.75 Å². The molecule has 1 fully saturated rings. The number of carbonyl (C=O) groups is 1. The minimum Gasteiger partial charge on any atom is -0.453 e. The van der Waals surface area contributed by atoms with Crippen LogP contribution in [0.4, 0.5) is 4.39 Å². The first-order valence-electron chi connectivity index (χ1n) is 10.8. The van der Waals surface area contributed by atoms with E-state index in [9.17, 15) is 17.6 Å². The van der Waals surface area contributed by atoms with Crippen molar-refractivity contribution in [2.24, 2.45) is 0 Å². The summed E-state index contributed by atoms with van der Waals surface area (Å²) in [7, 11) is -3.46. The van der Waals surface area contributed by atoms with E-state index in [4.69, 9.17) is 4.74 Å². The number of ether oxygens (including phenoxy) is 1. The Balaban J connectivity index is 1.30. The molecule has 0 bridgehead atoms. The van der Waals surface area contributed by atoms with E-state index < -0.39 is 15.8 Å². The number of pyridine rings is 1. The van der Waals surface area contributed by atoms with Crippen LogP contribution in [0.3, 0.4) is 0 Å². The number of halogens is 1. The molecule has 1 saturated heterocycles. The van der Waals surface area contributed by atoms with Gasteiger partial charge in [-0.25, -0.2) is 12.8 Å². The van der Waals surface area contributed by atoms with Gasteiger partial charge in [-0.15, -0.1) is 0 Å². The van der Waals surface area contributed by atoms with Crippen LogP contribution in [0.2, 0.25) is 0 Å². The summed E-state index contributed by atoms with van der Waals surface area (Å²) < 4.78 is 46.4. The monoisotopic (exact) mass is 481 g/mol. The molecule has 2 aromatic carbocycles. The summed E-state index contributed by atoms with van der Waals surface area (Å²) in [5.41, 5.74) is 1.27. The van der Waals surface area contributed by atoms with Crippen molar-refractivity contribution in [3.05, 3.63) is 90.0 Å². The Morgan fingerprint density at radius 2 is 1.88 bits per heavy atom. The van der Waals surface area contributed by atoms with E-state index in [2.05, 4.69) is 10.3 Å². The van der Waals surface area contributed by atoms with E-state index in [0.717, 1.165) is 18.4 Å². The van der Waals surface area contributed by atoms with Gasteiger partial charge >= 0.3 is 0 Å². The highest BCUT2D eigenvalue weighted by atomic mass is 32.2. The molecule has 176 valence electrons. The molecule has 7 nitrogen and oxygen atoms in total. The number of amides is 1. The molecular weight excluding hydrogens is 457 g/mol. The Kier molecular flexibility index (Phi) is 7.34. The van der Waals surface area contributed by atoms with Gasteiger partial charge in [-0.1, -0.05) is 18.2 Å². The first-order valence-corrected chi connectivity index (χ1v) is 12.3. The second-order valence-corrected chi connectivity index (χ2v) is 9.72. The van der Waals surface area contributed by atoms with Gasteiger partial charge in [0.05, 0.1) is 11.1 Å². The van der Waals surface area contributed by atoms with Crippen LogP contribution >= 0.6 is 0 Å². The van der Waals surface area contributed by atoms with Gasteiger partial charge in [0.25, 0.3) is 0 Å². The van der Waals surface area contributed by atoms with Gasteiger partial charge in [0.2, 0.25) is 15.9 Å². The maximum Gasteiger partial charge on any atom is 0.244 e. The highest BCUT2D eigenvalue weighted by Gasteiger charge is 2.26. The van der Waals surface area contributed by atoms with Crippen LogP contribution < -0.4 is 10.1 Å². The SMILES string of the molecule is O=C(/C=C/c1ccc(Oc2cccnc2)c(F)c1)NCc1ccc(S(=O)(=O)N2CCCC2)cc1. The average Bonchev–Trinajstić information content (AvgIpc) is 3.40. The predicted molar refractivity (Wildman–Crippen MR) is 126 cm³/mol. The van der Waals surface area contributed by atoms with Crippen LogP contribution in [0.5, 0.6) is 11.5 Å². The number of sulfonamides is 1. The molecule has 0 saturated carbocycles. The topological polar surface area (TPSA) is 88.6 Å². The summed E-state index contributed by atoms with van der Waals surface area (Å²) in [6, 6.07) is 14.2. The molecule has 2 heterocycles. The van der Waals surface area contributed by atoms with Gasteiger partial charge < -0.3 is 10.1 Å². The Bertz CT molecular complexity index is 1270. The van der Waals surface area contributed by atoms with E-state index in [1.165, 1.54) is 34.8 Å². The normalized spacial score (nSPS) is 14.4. The highest BCUT2D eigenvalue weighted by Crippen LogP contribution is 2.25. The van der Waals surface area contributed by atoms with Crippen molar-refractivity contribution in [2.75, 3.05) is 13.1 Å². The van der Waals surface area contributed by atoms with Crippen molar-refractivity contribution < 1.29 is 22.3 Å². The summed E-state index contributed by atoms with van der Waals surface area (Å²) in [6.45, 7) is 1.34. The number of hydrogen-bond donors (Lipinski definition) is 1. The quantitative estimate of drug-likeness (QED) is 0.489. The Morgan fingerprint density at radius 3 is 2.56 bits per heavy atom. The van der Waals surface area contributed by atoms with Crippen LogP contribution in [0.1, 0.15) is 24.0 Å². The zero-order chi connectivity index (χ0) is 24.0. The Hall–Kier alpha value is -3.56. The van der Waals surface area contributed by atoms with Gasteiger partial charge in [0, 0.05) is 31.9 Å². The van der Waals surface area contributed by atoms with Crippen LogP contribution in [-0.2, 0) is 21.4 Å². The molecule has 0 atom stereocenters. The molecule has 1 aliphatic rings.